The minimum Gasteiger partial charge on any atom is -0.494 e. The van der Waals surface area contributed by atoms with E-state index in [9.17, 15) is 9.59 Å². The van der Waals surface area contributed by atoms with E-state index in [4.69, 9.17) is 20.3 Å². The van der Waals surface area contributed by atoms with Crippen LogP contribution in [0.15, 0.2) is 24.3 Å². The monoisotopic (exact) mass is 456 g/mol. The van der Waals surface area contributed by atoms with E-state index >= 15 is 0 Å². The van der Waals surface area contributed by atoms with E-state index in [0.29, 0.717) is 19.6 Å². The van der Waals surface area contributed by atoms with Crippen molar-refractivity contribution in [2.45, 2.75) is 86.7 Å². The molecular weight excluding hydrogens is 408 g/mol. The lowest BCUT2D eigenvalue weighted by atomic mass is 10.0. The minimum absolute atomic E-state index is 0.360. The van der Waals surface area contributed by atoms with Crippen molar-refractivity contribution in [2.75, 3.05) is 20.2 Å². The van der Waals surface area contributed by atoms with Gasteiger partial charge in [-0.3, -0.25) is 4.79 Å². The van der Waals surface area contributed by atoms with Crippen molar-refractivity contribution >= 4 is 12.1 Å². The van der Waals surface area contributed by atoms with Gasteiger partial charge in [-0.05, 0) is 64.3 Å². The highest BCUT2D eigenvalue weighted by molar-refractivity contribution is 5.69. The van der Waals surface area contributed by atoms with Gasteiger partial charge in [-0.25, -0.2) is 4.79 Å². The molecule has 0 aliphatic rings. The first kappa shape index (κ1) is 34.3. The summed E-state index contributed by atoms with van der Waals surface area (Å²) in [7, 11) is 1.54. The average molecular weight is 457 g/mol. The third-order valence-electron chi connectivity index (χ3n) is 3.36. The van der Waals surface area contributed by atoms with Crippen molar-refractivity contribution in [2.24, 2.45) is 11.7 Å². The van der Waals surface area contributed by atoms with Crippen molar-refractivity contribution < 1.29 is 24.2 Å². The van der Waals surface area contributed by atoms with E-state index in [1.165, 1.54) is 13.5 Å². The Hall–Kier alpha value is -2.28. The number of benzene rings is 1. The number of unbranched alkanes of at least 4 members (excludes halogenated alkanes) is 1. The lowest BCUT2D eigenvalue weighted by Gasteiger charge is -2.18. The smallest absolute Gasteiger partial charge is 0.407 e. The molecule has 0 aromatic heterocycles. The average Bonchev–Trinajstić information content (AvgIpc) is 2.73. The van der Waals surface area contributed by atoms with Crippen molar-refractivity contribution in [3.63, 3.8) is 0 Å². The number of nitrogens with two attached hydrogens (primary N) is 1. The van der Waals surface area contributed by atoms with Crippen LogP contribution in [0.2, 0.25) is 0 Å². The van der Waals surface area contributed by atoms with E-state index in [-0.39, 0.29) is 17.6 Å². The molecule has 32 heavy (non-hydrogen) atoms. The normalized spacial score (nSPS) is 10.6. The van der Waals surface area contributed by atoms with Gasteiger partial charge in [0.05, 0.1) is 12.5 Å². The fraction of sp³-hybridized carbons (Fsp3) is 0.680. The number of amides is 1. The maximum absolute atomic E-state index is 10.7. The first-order valence-corrected chi connectivity index (χ1v) is 11.6. The van der Waals surface area contributed by atoms with Crippen LogP contribution in [0.4, 0.5) is 4.79 Å². The van der Waals surface area contributed by atoms with Crippen LogP contribution >= 0.6 is 0 Å². The molecule has 0 radical (unpaired) electrons. The summed E-state index contributed by atoms with van der Waals surface area (Å²) in [6.07, 6.45) is 3.33. The number of alkyl carbamates (subject to hydrolysis) is 1. The molecule has 0 aliphatic carbocycles. The maximum atomic E-state index is 10.7. The molecule has 0 heterocycles. The van der Waals surface area contributed by atoms with Gasteiger partial charge >= 0.3 is 12.1 Å². The zero-order valence-electron chi connectivity index (χ0n) is 21.8. The number of nitrogens with one attached hydrogen (secondary N) is 1. The van der Waals surface area contributed by atoms with E-state index in [2.05, 4.69) is 19.2 Å². The van der Waals surface area contributed by atoms with Gasteiger partial charge in [0.2, 0.25) is 0 Å². The molecule has 1 rings (SSSR count). The maximum Gasteiger partial charge on any atom is 0.407 e. The molecule has 1 atom stereocenters. The van der Waals surface area contributed by atoms with Crippen molar-refractivity contribution in [1.29, 1.82) is 0 Å². The molecule has 1 unspecified atom stereocenters. The zero-order chi connectivity index (χ0) is 25.6. The highest BCUT2D eigenvalue weighted by Gasteiger charge is 2.14. The molecule has 4 N–H and O–H groups in total. The quantitative estimate of drug-likeness (QED) is 0.436. The summed E-state index contributed by atoms with van der Waals surface area (Å²) in [5.41, 5.74) is 6.02. The Kier molecular flexibility index (Phi) is 23.5. The predicted octanol–water partition coefficient (Wildman–Crippen LogP) is 5.65. The first-order valence-electron chi connectivity index (χ1n) is 11.6. The van der Waals surface area contributed by atoms with E-state index in [1.54, 1.807) is 6.92 Å². The fourth-order valence-corrected chi connectivity index (χ4v) is 1.93. The minimum atomic E-state index is -0.767. The van der Waals surface area contributed by atoms with Crippen LogP contribution in [-0.4, -0.2) is 43.0 Å². The highest BCUT2D eigenvalue weighted by Crippen LogP contribution is 2.15. The predicted molar refractivity (Wildman–Crippen MR) is 133 cm³/mol. The number of carboxylic acids is 1. The molecule has 0 spiro atoms. The van der Waals surface area contributed by atoms with Crippen LogP contribution in [0.3, 0.4) is 0 Å². The number of aliphatic carboxylic acids is 1. The van der Waals surface area contributed by atoms with Gasteiger partial charge in [0.25, 0.3) is 0 Å². The Bertz CT molecular complexity index is 569. The second-order valence-corrected chi connectivity index (χ2v) is 7.89. The molecule has 7 heteroatoms. The third-order valence-corrected chi connectivity index (χ3v) is 3.36. The first-order chi connectivity index (χ1) is 15.0. The van der Waals surface area contributed by atoms with Gasteiger partial charge in [0, 0.05) is 7.05 Å². The van der Waals surface area contributed by atoms with Gasteiger partial charge in [0.1, 0.15) is 11.4 Å². The van der Waals surface area contributed by atoms with E-state index in [0.717, 1.165) is 24.2 Å². The SMILES string of the molecule is CC.CC(Cc1ccc(OCCCCN)cc1)C(=O)O.CCC.CNC(=O)OC(C)(C)C. The lowest BCUT2D eigenvalue weighted by molar-refractivity contribution is -0.141. The number of carbonyl (C=O) groups is 2. The molecule has 188 valence electrons. The van der Waals surface area contributed by atoms with Gasteiger partial charge in [-0.15, -0.1) is 0 Å². The summed E-state index contributed by atoms with van der Waals surface area (Å²) in [5.74, 6) is -0.308. The van der Waals surface area contributed by atoms with Crippen LogP contribution in [0.25, 0.3) is 0 Å². The van der Waals surface area contributed by atoms with Crippen molar-refractivity contribution in [3.8, 4) is 5.75 Å². The summed E-state index contributed by atoms with van der Waals surface area (Å²) < 4.78 is 10.4. The molecule has 1 amide bonds. The molecule has 1 aromatic rings. The second-order valence-electron chi connectivity index (χ2n) is 7.89. The number of rotatable bonds is 8. The summed E-state index contributed by atoms with van der Waals surface area (Å²) in [6.45, 7) is 16.8. The number of hydrogen-bond acceptors (Lipinski definition) is 5. The Balaban J connectivity index is -0.000000503. The van der Waals surface area contributed by atoms with Crippen LogP contribution < -0.4 is 15.8 Å². The molecule has 1 aromatic carbocycles. The number of carboxylic acid groups (broad SMARTS) is 1. The van der Waals surface area contributed by atoms with E-state index in [1.807, 2.05) is 58.9 Å². The Morgan fingerprint density at radius 1 is 1.09 bits per heavy atom. The van der Waals surface area contributed by atoms with Crippen LogP contribution in [0, 0.1) is 5.92 Å². The van der Waals surface area contributed by atoms with Crippen LogP contribution in [0.1, 0.15) is 80.2 Å². The molecule has 0 aliphatic heterocycles. The summed E-state index contributed by atoms with van der Waals surface area (Å²) in [5, 5.41) is 11.2. The largest absolute Gasteiger partial charge is 0.494 e. The van der Waals surface area contributed by atoms with Crippen molar-refractivity contribution in [1.82, 2.24) is 5.32 Å². The molecular formula is C25H48N2O5. The molecule has 7 nitrogen and oxygen atoms in total. The number of hydrogen-bond donors (Lipinski definition) is 3. The Morgan fingerprint density at radius 2 is 1.59 bits per heavy atom. The van der Waals surface area contributed by atoms with Gasteiger partial charge in [0.15, 0.2) is 0 Å². The molecule has 0 saturated carbocycles. The summed E-state index contributed by atoms with van der Waals surface area (Å²) in [6, 6.07) is 7.59. The molecule has 0 saturated heterocycles. The highest BCUT2D eigenvalue weighted by atomic mass is 16.6. The third kappa shape index (κ3) is 24.0. The Labute approximate surface area is 196 Å². The molecule has 0 fully saturated rings. The number of ether oxygens (including phenoxy) is 2. The number of carbonyl (C=O) groups excluding carboxylic acids is 1. The molecule has 0 bridgehead atoms. The zero-order valence-corrected chi connectivity index (χ0v) is 21.8. The summed E-state index contributed by atoms with van der Waals surface area (Å²) in [4.78, 5) is 21.2. The standard InChI is InChI=1S/C14H21NO3.C6H13NO2.C3H8.C2H6/c1-11(14(16)17)10-12-4-6-13(7-5-12)18-9-3-2-8-15;1-6(2,3)9-5(8)7-4;1-3-2;1-2/h4-7,11H,2-3,8-10,15H2,1H3,(H,16,17);1-4H3,(H,7,8);3H2,1-2H3;1-2H3. The topological polar surface area (TPSA) is 111 Å². The second kappa shape index (κ2) is 21.9. The van der Waals surface area contributed by atoms with Gasteiger partial charge in [-0.1, -0.05) is 53.2 Å². The van der Waals surface area contributed by atoms with Gasteiger partial charge in [-0.2, -0.15) is 0 Å². The van der Waals surface area contributed by atoms with Gasteiger partial charge < -0.3 is 25.6 Å². The Morgan fingerprint density at radius 3 is 1.94 bits per heavy atom. The fourth-order valence-electron chi connectivity index (χ4n) is 1.93. The van der Waals surface area contributed by atoms with Crippen LogP contribution in [-0.2, 0) is 16.0 Å². The summed E-state index contributed by atoms with van der Waals surface area (Å²) >= 11 is 0. The van der Waals surface area contributed by atoms with Crippen molar-refractivity contribution in [3.05, 3.63) is 29.8 Å². The lowest BCUT2D eigenvalue weighted by Crippen LogP contribution is -2.30. The van der Waals surface area contributed by atoms with Crippen LogP contribution in [0.5, 0.6) is 5.75 Å². The van der Waals surface area contributed by atoms with E-state index < -0.39 is 5.97 Å².